The van der Waals surface area contributed by atoms with E-state index in [0.717, 1.165) is 44.0 Å². The standard InChI is InChI=1S/C24H23N5OS/c1-13-5-9-17(10-6-13)27-23(30)22-20(25)19-15(3)21(16(4)26-24(19)31-22)29-28-18-11-7-14(2)8-12-18/h5-12H,25H2,1-4H3,(H,27,30). The Morgan fingerprint density at radius 2 is 1.55 bits per heavy atom. The van der Waals surface area contributed by atoms with Crippen molar-refractivity contribution < 1.29 is 4.79 Å². The maximum Gasteiger partial charge on any atom is 0.267 e. The van der Waals surface area contributed by atoms with Crippen molar-refractivity contribution in [3.63, 3.8) is 0 Å². The van der Waals surface area contributed by atoms with Gasteiger partial charge in [-0.05, 0) is 57.5 Å². The average Bonchev–Trinajstić information content (AvgIpc) is 3.07. The number of fused-ring (bicyclic) bond motifs is 1. The Labute approximate surface area is 184 Å². The lowest BCUT2D eigenvalue weighted by Gasteiger charge is -2.06. The lowest BCUT2D eigenvalue weighted by molar-refractivity contribution is 0.103. The van der Waals surface area contributed by atoms with Crippen LogP contribution in [-0.4, -0.2) is 10.9 Å². The summed E-state index contributed by atoms with van der Waals surface area (Å²) in [4.78, 5) is 18.7. The Kier molecular flexibility index (Phi) is 5.52. The Hall–Kier alpha value is -3.58. The molecule has 7 heteroatoms. The highest BCUT2D eigenvalue weighted by Gasteiger charge is 2.21. The molecule has 0 aliphatic rings. The molecule has 1 amide bonds. The SMILES string of the molecule is Cc1ccc(N=Nc2c(C)nc3sc(C(=O)Nc4ccc(C)cc4)c(N)c3c2C)cc1. The van der Waals surface area contributed by atoms with Crippen LogP contribution in [-0.2, 0) is 0 Å². The molecule has 2 heterocycles. The van der Waals surface area contributed by atoms with Gasteiger partial charge in [0.15, 0.2) is 0 Å². The summed E-state index contributed by atoms with van der Waals surface area (Å²) < 4.78 is 0. The minimum absolute atomic E-state index is 0.246. The van der Waals surface area contributed by atoms with Crippen LogP contribution in [0.5, 0.6) is 0 Å². The number of azo groups is 1. The molecular weight excluding hydrogens is 406 g/mol. The third-order valence-corrected chi connectivity index (χ3v) is 6.18. The smallest absolute Gasteiger partial charge is 0.267 e. The van der Waals surface area contributed by atoms with E-state index in [9.17, 15) is 4.79 Å². The number of rotatable bonds is 4. The van der Waals surface area contributed by atoms with E-state index in [1.807, 2.05) is 76.2 Å². The highest BCUT2D eigenvalue weighted by molar-refractivity contribution is 7.21. The number of aryl methyl sites for hydroxylation is 4. The van der Waals surface area contributed by atoms with Crippen LogP contribution >= 0.6 is 11.3 Å². The number of nitrogens with one attached hydrogen (secondary N) is 1. The largest absolute Gasteiger partial charge is 0.397 e. The summed E-state index contributed by atoms with van der Waals surface area (Å²) in [5.74, 6) is -0.246. The number of nitrogens with two attached hydrogens (primary N) is 1. The zero-order valence-electron chi connectivity index (χ0n) is 17.9. The third-order valence-electron chi connectivity index (χ3n) is 5.08. The quantitative estimate of drug-likeness (QED) is 0.350. The molecule has 0 bridgehead atoms. The van der Waals surface area contributed by atoms with E-state index in [2.05, 4.69) is 20.5 Å². The highest BCUT2D eigenvalue weighted by Crippen LogP contribution is 2.40. The van der Waals surface area contributed by atoms with E-state index in [1.54, 1.807) is 0 Å². The monoisotopic (exact) mass is 429 g/mol. The van der Waals surface area contributed by atoms with Crippen LogP contribution < -0.4 is 11.1 Å². The molecule has 0 spiro atoms. The topological polar surface area (TPSA) is 92.7 Å². The van der Waals surface area contributed by atoms with Crippen molar-refractivity contribution in [2.75, 3.05) is 11.1 Å². The molecule has 6 nitrogen and oxygen atoms in total. The minimum Gasteiger partial charge on any atom is -0.397 e. The molecule has 0 atom stereocenters. The maximum atomic E-state index is 12.9. The first-order valence-electron chi connectivity index (χ1n) is 9.89. The first-order chi connectivity index (χ1) is 14.8. The van der Waals surface area contributed by atoms with Crippen LogP contribution in [0.25, 0.3) is 10.2 Å². The molecule has 4 rings (SSSR count). The number of hydrogen-bond donors (Lipinski definition) is 2. The Morgan fingerprint density at radius 1 is 0.935 bits per heavy atom. The summed E-state index contributed by atoms with van der Waals surface area (Å²) in [6, 6.07) is 15.5. The van der Waals surface area contributed by atoms with Gasteiger partial charge in [0.1, 0.15) is 15.4 Å². The molecule has 2 aromatic heterocycles. The van der Waals surface area contributed by atoms with Gasteiger partial charge in [-0.25, -0.2) is 4.98 Å². The molecule has 0 saturated heterocycles. The molecule has 0 fully saturated rings. The molecule has 2 aromatic carbocycles. The Bertz CT molecular complexity index is 1310. The van der Waals surface area contributed by atoms with E-state index in [4.69, 9.17) is 5.73 Å². The second kappa shape index (κ2) is 8.28. The van der Waals surface area contributed by atoms with Crippen LogP contribution in [0.3, 0.4) is 0 Å². The molecule has 156 valence electrons. The van der Waals surface area contributed by atoms with Crippen LogP contribution in [0, 0.1) is 27.7 Å². The number of nitrogen functional groups attached to an aromatic ring is 1. The summed E-state index contributed by atoms with van der Waals surface area (Å²) in [5, 5.41) is 12.4. The van der Waals surface area contributed by atoms with Gasteiger partial charge in [0, 0.05) is 11.1 Å². The number of pyridine rings is 1. The number of carbonyl (C=O) groups is 1. The van der Waals surface area contributed by atoms with Gasteiger partial charge < -0.3 is 11.1 Å². The molecule has 0 unspecified atom stereocenters. The number of nitrogens with zero attached hydrogens (tertiary/aromatic N) is 3. The molecule has 4 aromatic rings. The molecule has 31 heavy (non-hydrogen) atoms. The lowest BCUT2D eigenvalue weighted by atomic mass is 10.1. The van der Waals surface area contributed by atoms with Gasteiger partial charge in [0.2, 0.25) is 0 Å². The summed E-state index contributed by atoms with van der Waals surface area (Å²) in [7, 11) is 0. The van der Waals surface area contributed by atoms with E-state index in [1.165, 1.54) is 11.3 Å². The first kappa shape index (κ1) is 20.7. The van der Waals surface area contributed by atoms with Gasteiger partial charge >= 0.3 is 0 Å². The number of hydrogen-bond acceptors (Lipinski definition) is 6. The number of aromatic nitrogens is 1. The normalized spacial score (nSPS) is 11.4. The fourth-order valence-electron chi connectivity index (χ4n) is 3.33. The number of thiophene rings is 1. The number of carbonyl (C=O) groups excluding carboxylic acids is 1. The zero-order chi connectivity index (χ0) is 22.1. The molecular formula is C24H23N5OS. The summed E-state index contributed by atoms with van der Waals surface area (Å²) in [6.07, 6.45) is 0. The Balaban J connectivity index is 1.70. The Morgan fingerprint density at radius 3 is 2.19 bits per heavy atom. The van der Waals surface area contributed by atoms with E-state index in [-0.39, 0.29) is 5.91 Å². The molecule has 0 saturated carbocycles. The minimum atomic E-state index is -0.246. The van der Waals surface area contributed by atoms with Gasteiger partial charge in [-0.3, -0.25) is 4.79 Å². The van der Waals surface area contributed by atoms with Crippen molar-refractivity contribution in [1.82, 2.24) is 4.98 Å². The van der Waals surface area contributed by atoms with E-state index in [0.29, 0.717) is 16.3 Å². The van der Waals surface area contributed by atoms with Crippen molar-refractivity contribution in [3.8, 4) is 0 Å². The highest BCUT2D eigenvalue weighted by atomic mass is 32.1. The van der Waals surface area contributed by atoms with Gasteiger partial charge in [-0.2, -0.15) is 5.11 Å². The van der Waals surface area contributed by atoms with Crippen LogP contribution in [0.15, 0.2) is 58.8 Å². The van der Waals surface area contributed by atoms with Crippen LogP contribution in [0.4, 0.5) is 22.7 Å². The second-order valence-corrected chi connectivity index (χ2v) is 8.55. The van der Waals surface area contributed by atoms with Gasteiger partial charge in [-0.15, -0.1) is 16.5 Å². The predicted octanol–water partition coefficient (Wildman–Crippen LogP) is 6.78. The average molecular weight is 430 g/mol. The maximum absolute atomic E-state index is 12.9. The van der Waals surface area contributed by atoms with Crippen LogP contribution in [0.1, 0.15) is 32.1 Å². The van der Waals surface area contributed by atoms with Crippen molar-refractivity contribution >= 4 is 50.2 Å². The van der Waals surface area contributed by atoms with Gasteiger partial charge in [0.05, 0.1) is 17.1 Å². The van der Waals surface area contributed by atoms with Crippen LogP contribution in [0.2, 0.25) is 0 Å². The second-order valence-electron chi connectivity index (χ2n) is 7.55. The van der Waals surface area contributed by atoms with E-state index < -0.39 is 0 Å². The van der Waals surface area contributed by atoms with Gasteiger partial charge in [0.25, 0.3) is 5.91 Å². The molecule has 0 aliphatic carbocycles. The number of anilines is 2. The number of amides is 1. The molecule has 0 radical (unpaired) electrons. The molecule has 0 aliphatic heterocycles. The van der Waals surface area contributed by atoms with E-state index >= 15 is 0 Å². The fraction of sp³-hybridized carbons (Fsp3) is 0.167. The van der Waals surface area contributed by atoms with Crippen molar-refractivity contribution in [2.45, 2.75) is 27.7 Å². The summed E-state index contributed by atoms with van der Waals surface area (Å²) in [6.45, 7) is 7.85. The summed E-state index contributed by atoms with van der Waals surface area (Å²) in [5.41, 5.74) is 12.9. The number of benzene rings is 2. The van der Waals surface area contributed by atoms with Crippen molar-refractivity contribution in [2.24, 2.45) is 10.2 Å². The fourth-order valence-corrected chi connectivity index (χ4v) is 4.42. The molecule has 3 N–H and O–H groups in total. The predicted molar refractivity (Wildman–Crippen MR) is 128 cm³/mol. The van der Waals surface area contributed by atoms with Crippen molar-refractivity contribution in [3.05, 3.63) is 75.8 Å². The summed E-state index contributed by atoms with van der Waals surface area (Å²) >= 11 is 1.29. The first-order valence-corrected chi connectivity index (χ1v) is 10.7. The zero-order valence-corrected chi connectivity index (χ0v) is 18.7. The van der Waals surface area contributed by atoms with Gasteiger partial charge in [-0.1, -0.05) is 35.4 Å². The third kappa shape index (κ3) is 4.18. The van der Waals surface area contributed by atoms with Crippen molar-refractivity contribution in [1.29, 1.82) is 0 Å². The lowest BCUT2D eigenvalue weighted by Crippen LogP contribution is -2.11.